The molecule has 0 atom stereocenters. The molecule has 0 saturated carbocycles. The summed E-state index contributed by atoms with van der Waals surface area (Å²) in [5, 5.41) is 11.6. The van der Waals surface area contributed by atoms with E-state index in [0.717, 1.165) is 0 Å². The predicted molar refractivity (Wildman–Crippen MR) is 87.1 cm³/mol. The third kappa shape index (κ3) is 19.1. The van der Waals surface area contributed by atoms with Gasteiger partial charge in [0, 0.05) is 25.0 Å². The van der Waals surface area contributed by atoms with Gasteiger partial charge >= 0.3 is 0 Å². The molecular weight excluding hydrogens is 304 g/mol. The monoisotopic (exact) mass is 336 g/mol. The van der Waals surface area contributed by atoms with Gasteiger partial charge in [-0.15, -0.1) is 0 Å². The fraction of sp³-hybridized carbons (Fsp3) is 0.867. The van der Waals surface area contributed by atoms with Crippen molar-refractivity contribution in [2.24, 2.45) is 5.73 Å². The lowest BCUT2D eigenvalue weighted by atomic mass is 10.5. The van der Waals surface area contributed by atoms with Gasteiger partial charge in [-0.25, -0.2) is 0 Å². The van der Waals surface area contributed by atoms with Crippen LogP contribution in [0, 0.1) is 0 Å². The van der Waals surface area contributed by atoms with Crippen LogP contribution in [-0.2, 0) is 23.7 Å². The third-order valence-electron chi connectivity index (χ3n) is 2.55. The number of nitrogens with one attached hydrogen (secondary N) is 1. The highest BCUT2D eigenvalue weighted by molar-refractivity contribution is 4.93. The molecule has 0 spiro atoms. The van der Waals surface area contributed by atoms with E-state index in [1.165, 1.54) is 0 Å². The number of hydrogen-bond acceptors (Lipinski definition) is 8. The lowest BCUT2D eigenvalue weighted by Crippen LogP contribution is -2.18. The zero-order valence-electron chi connectivity index (χ0n) is 14.1. The summed E-state index contributed by atoms with van der Waals surface area (Å²) in [5.74, 6) is 0. The number of rotatable bonds is 18. The van der Waals surface area contributed by atoms with Crippen LogP contribution in [0.2, 0.25) is 0 Å². The molecule has 0 aliphatic carbocycles. The lowest BCUT2D eigenvalue weighted by molar-refractivity contribution is -0.00985. The second-order valence-electron chi connectivity index (χ2n) is 4.48. The van der Waals surface area contributed by atoms with Crippen LogP contribution in [0.1, 0.15) is 6.92 Å². The molecule has 8 nitrogen and oxygen atoms in total. The Bertz CT molecular complexity index is 266. The molecule has 0 saturated heterocycles. The van der Waals surface area contributed by atoms with Gasteiger partial charge in [0.2, 0.25) is 0 Å². The van der Waals surface area contributed by atoms with E-state index in [9.17, 15) is 0 Å². The maximum Gasteiger partial charge on any atom is 0.0840 e. The molecule has 0 heterocycles. The number of hydrogen-bond donors (Lipinski definition) is 3. The molecule has 0 amide bonds. The van der Waals surface area contributed by atoms with Gasteiger partial charge in [-0.2, -0.15) is 0 Å². The van der Waals surface area contributed by atoms with Gasteiger partial charge in [-0.05, 0) is 6.92 Å². The van der Waals surface area contributed by atoms with Crippen molar-refractivity contribution in [2.75, 3.05) is 79.2 Å². The maximum absolute atomic E-state index is 8.67. The van der Waals surface area contributed by atoms with Crippen molar-refractivity contribution < 1.29 is 28.8 Å². The van der Waals surface area contributed by atoms with E-state index in [1.807, 2.05) is 6.92 Å². The fourth-order valence-corrected chi connectivity index (χ4v) is 1.40. The Labute approximate surface area is 138 Å². The summed E-state index contributed by atoms with van der Waals surface area (Å²) < 4.78 is 26.5. The molecule has 0 unspecified atom stereocenters. The molecule has 0 radical (unpaired) electrons. The average molecular weight is 336 g/mol. The summed E-state index contributed by atoms with van der Waals surface area (Å²) in [6.45, 7) is 8.19. The molecule has 8 heteroatoms. The van der Waals surface area contributed by atoms with E-state index in [0.29, 0.717) is 78.3 Å². The summed E-state index contributed by atoms with van der Waals surface area (Å²) in [6, 6.07) is 0. The molecule has 0 aromatic rings. The van der Waals surface area contributed by atoms with Crippen LogP contribution in [0.15, 0.2) is 11.9 Å². The summed E-state index contributed by atoms with van der Waals surface area (Å²) in [7, 11) is 0. The molecule has 0 bridgehead atoms. The molecule has 0 aromatic heterocycles. The highest BCUT2D eigenvalue weighted by Gasteiger charge is 1.93. The molecule has 138 valence electrons. The quantitative estimate of drug-likeness (QED) is 0.287. The second-order valence-corrected chi connectivity index (χ2v) is 4.48. The largest absolute Gasteiger partial charge is 0.399 e. The van der Waals surface area contributed by atoms with Crippen LogP contribution in [0.25, 0.3) is 0 Å². The van der Waals surface area contributed by atoms with Gasteiger partial charge in [-0.1, -0.05) is 0 Å². The predicted octanol–water partition coefficient (Wildman–Crippen LogP) is -0.529. The minimum absolute atomic E-state index is 0.150. The Kier molecular flexibility index (Phi) is 18.4. The summed E-state index contributed by atoms with van der Waals surface area (Å²) in [6.07, 6.45) is 1.57. The first kappa shape index (κ1) is 22.1. The minimum Gasteiger partial charge on any atom is -0.399 e. The van der Waals surface area contributed by atoms with E-state index < -0.39 is 0 Å². The average Bonchev–Trinajstić information content (AvgIpc) is 2.57. The second kappa shape index (κ2) is 19.1. The van der Waals surface area contributed by atoms with E-state index in [-0.39, 0.29) is 6.61 Å². The van der Waals surface area contributed by atoms with Gasteiger partial charge in [-0.3, -0.25) is 0 Å². The topological polar surface area (TPSA) is 104 Å². The van der Waals surface area contributed by atoms with Crippen LogP contribution in [0.3, 0.4) is 0 Å². The van der Waals surface area contributed by atoms with Gasteiger partial charge in [0.05, 0.1) is 66.1 Å². The van der Waals surface area contributed by atoms with Crippen LogP contribution < -0.4 is 11.1 Å². The number of aliphatic hydroxyl groups is 1. The van der Waals surface area contributed by atoms with Crippen molar-refractivity contribution in [3.63, 3.8) is 0 Å². The van der Waals surface area contributed by atoms with Crippen molar-refractivity contribution in [3.8, 4) is 0 Å². The molecule has 0 aliphatic heterocycles. The van der Waals surface area contributed by atoms with E-state index in [1.54, 1.807) is 6.20 Å². The van der Waals surface area contributed by atoms with Crippen LogP contribution in [-0.4, -0.2) is 84.3 Å². The molecule has 23 heavy (non-hydrogen) atoms. The first-order valence-electron chi connectivity index (χ1n) is 7.98. The highest BCUT2D eigenvalue weighted by Crippen LogP contribution is 1.84. The van der Waals surface area contributed by atoms with Gasteiger partial charge in [0.1, 0.15) is 0 Å². The minimum atomic E-state index is -0.150. The Balaban J connectivity index is 3.03. The molecule has 0 rings (SSSR count). The normalized spacial score (nSPS) is 11.8. The molecule has 0 fully saturated rings. The van der Waals surface area contributed by atoms with E-state index >= 15 is 0 Å². The Hall–Kier alpha value is -0.900. The SMILES string of the molecule is CCOCCOCCOCCOCCOCCN/C=C(\N)CO. The first-order valence-corrected chi connectivity index (χ1v) is 7.98. The van der Waals surface area contributed by atoms with Crippen LogP contribution >= 0.6 is 0 Å². The highest BCUT2D eigenvalue weighted by atomic mass is 16.6. The maximum atomic E-state index is 8.67. The lowest BCUT2D eigenvalue weighted by Gasteiger charge is -2.08. The van der Waals surface area contributed by atoms with Crippen molar-refractivity contribution in [3.05, 3.63) is 11.9 Å². The Morgan fingerprint density at radius 3 is 1.70 bits per heavy atom. The standard InChI is InChI=1S/C15H32N2O6/c1-2-19-5-6-21-9-10-23-12-11-22-8-7-20-4-3-17-13-15(16)14-18/h13,17-18H,2-12,14,16H2,1H3/b15-13-. The number of aliphatic hydroxyl groups excluding tert-OH is 1. The number of ether oxygens (including phenoxy) is 5. The van der Waals surface area contributed by atoms with Crippen LogP contribution in [0.5, 0.6) is 0 Å². The molecule has 4 N–H and O–H groups in total. The van der Waals surface area contributed by atoms with Crippen molar-refractivity contribution in [2.45, 2.75) is 6.92 Å². The first-order chi connectivity index (χ1) is 11.3. The van der Waals surface area contributed by atoms with Crippen molar-refractivity contribution in [1.29, 1.82) is 0 Å². The van der Waals surface area contributed by atoms with Gasteiger partial charge in [0.25, 0.3) is 0 Å². The fourth-order valence-electron chi connectivity index (χ4n) is 1.40. The smallest absolute Gasteiger partial charge is 0.0840 e. The Morgan fingerprint density at radius 2 is 1.26 bits per heavy atom. The van der Waals surface area contributed by atoms with E-state index in [2.05, 4.69) is 5.32 Å². The van der Waals surface area contributed by atoms with Crippen LogP contribution in [0.4, 0.5) is 0 Å². The van der Waals surface area contributed by atoms with Gasteiger partial charge in [0.15, 0.2) is 0 Å². The van der Waals surface area contributed by atoms with E-state index in [4.69, 9.17) is 34.5 Å². The zero-order chi connectivity index (χ0) is 17.0. The van der Waals surface area contributed by atoms with Crippen molar-refractivity contribution >= 4 is 0 Å². The summed E-state index contributed by atoms with van der Waals surface area (Å²) >= 11 is 0. The third-order valence-corrected chi connectivity index (χ3v) is 2.55. The van der Waals surface area contributed by atoms with Crippen molar-refractivity contribution in [1.82, 2.24) is 5.32 Å². The summed E-state index contributed by atoms with van der Waals surface area (Å²) in [4.78, 5) is 0. The zero-order valence-corrected chi connectivity index (χ0v) is 14.1. The Morgan fingerprint density at radius 1 is 0.826 bits per heavy atom. The van der Waals surface area contributed by atoms with Gasteiger partial charge < -0.3 is 39.8 Å². The molecule has 0 aliphatic rings. The number of nitrogens with two attached hydrogens (primary N) is 1. The summed E-state index contributed by atoms with van der Waals surface area (Å²) in [5.41, 5.74) is 5.80. The molecule has 0 aromatic carbocycles. The molecular formula is C15H32N2O6.